The Morgan fingerprint density at radius 1 is 1.43 bits per heavy atom. The van der Waals surface area contributed by atoms with Crippen LogP contribution in [0, 0.1) is 5.92 Å². The van der Waals surface area contributed by atoms with Crippen LogP contribution in [0.3, 0.4) is 0 Å². The van der Waals surface area contributed by atoms with Gasteiger partial charge in [-0.15, -0.1) is 0 Å². The third kappa shape index (κ3) is 3.48. The molecule has 1 aliphatic carbocycles. The largest absolute Gasteiger partial charge is 0.492 e. The Morgan fingerprint density at radius 3 is 2.67 bits per heavy atom. The standard InChI is InChI=1S/C14H22N2O4S/c1-3-20-13-5-4-11(15)8-14(13)21(18,19)16(2)9-10-6-12(17)7-10/h4-5,8,10,12,17H,3,6-7,9,15H2,1-2H3. The second-order valence-electron chi connectivity index (χ2n) is 5.42. The van der Waals surface area contributed by atoms with Crippen LogP contribution in [0.25, 0.3) is 0 Å². The van der Waals surface area contributed by atoms with Crippen LogP contribution in [0.2, 0.25) is 0 Å². The predicted molar refractivity (Wildman–Crippen MR) is 80.6 cm³/mol. The molecule has 0 spiro atoms. The number of aliphatic hydroxyl groups excluding tert-OH is 1. The topological polar surface area (TPSA) is 92.9 Å². The van der Waals surface area contributed by atoms with Gasteiger partial charge >= 0.3 is 0 Å². The summed E-state index contributed by atoms with van der Waals surface area (Å²) in [6.07, 6.45) is 1.00. The van der Waals surface area contributed by atoms with E-state index in [1.807, 2.05) is 0 Å². The molecular formula is C14H22N2O4S. The monoisotopic (exact) mass is 314 g/mol. The van der Waals surface area contributed by atoms with Crippen LogP contribution in [0.4, 0.5) is 5.69 Å². The van der Waals surface area contributed by atoms with Crippen molar-refractivity contribution in [1.82, 2.24) is 4.31 Å². The van der Waals surface area contributed by atoms with Crippen molar-refractivity contribution in [3.05, 3.63) is 18.2 Å². The van der Waals surface area contributed by atoms with E-state index in [0.717, 1.165) is 0 Å². The highest BCUT2D eigenvalue weighted by Gasteiger charge is 2.32. The Kier molecular flexibility index (Phi) is 4.75. The predicted octanol–water partition coefficient (Wildman–Crippen LogP) is 1.06. The fourth-order valence-corrected chi connectivity index (χ4v) is 3.89. The number of hydrogen-bond donors (Lipinski definition) is 2. The zero-order valence-electron chi connectivity index (χ0n) is 12.3. The molecule has 0 radical (unpaired) electrons. The van der Waals surface area contributed by atoms with Crippen molar-refractivity contribution in [2.45, 2.75) is 30.8 Å². The molecule has 0 heterocycles. The van der Waals surface area contributed by atoms with Crippen molar-refractivity contribution in [2.75, 3.05) is 25.9 Å². The molecule has 0 amide bonds. The number of nitrogens with zero attached hydrogens (tertiary/aromatic N) is 1. The van der Waals surface area contributed by atoms with Gasteiger partial charge in [0.1, 0.15) is 10.6 Å². The summed E-state index contributed by atoms with van der Waals surface area (Å²) in [6, 6.07) is 4.62. The van der Waals surface area contributed by atoms with Crippen LogP contribution in [0.1, 0.15) is 19.8 Å². The highest BCUT2D eigenvalue weighted by Crippen LogP contribution is 2.32. The molecule has 1 fully saturated rings. The van der Waals surface area contributed by atoms with E-state index < -0.39 is 10.0 Å². The molecular weight excluding hydrogens is 292 g/mol. The summed E-state index contributed by atoms with van der Waals surface area (Å²) in [5.74, 6) is 0.517. The molecule has 0 unspecified atom stereocenters. The van der Waals surface area contributed by atoms with Gasteiger partial charge in [-0.3, -0.25) is 0 Å². The third-order valence-corrected chi connectivity index (χ3v) is 5.53. The molecule has 2 rings (SSSR count). The normalized spacial score (nSPS) is 22.1. The average molecular weight is 314 g/mol. The fourth-order valence-electron chi connectivity index (χ4n) is 2.48. The van der Waals surface area contributed by atoms with Gasteiger partial charge in [0, 0.05) is 19.3 Å². The molecule has 0 bridgehead atoms. The maximum Gasteiger partial charge on any atom is 0.246 e. The van der Waals surface area contributed by atoms with Crippen LogP contribution in [-0.2, 0) is 10.0 Å². The van der Waals surface area contributed by atoms with Gasteiger partial charge < -0.3 is 15.6 Å². The van der Waals surface area contributed by atoms with Crippen molar-refractivity contribution >= 4 is 15.7 Å². The van der Waals surface area contributed by atoms with Gasteiger partial charge in [0.2, 0.25) is 10.0 Å². The van der Waals surface area contributed by atoms with Crippen LogP contribution in [0.5, 0.6) is 5.75 Å². The summed E-state index contributed by atoms with van der Waals surface area (Å²) < 4.78 is 32.0. The first kappa shape index (κ1) is 16.1. The van der Waals surface area contributed by atoms with E-state index in [2.05, 4.69) is 0 Å². The second-order valence-corrected chi connectivity index (χ2v) is 7.43. The summed E-state index contributed by atoms with van der Waals surface area (Å²) in [7, 11) is -2.12. The minimum absolute atomic E-state index is 0.0896. The van der Waals surface area contributed by atoms with Crippen molar-refractivity contribution in [3.8, 4) is 5.75 Å². The Bertz CT molecular complexity index is 597. The molecule has 0 saturated heterocycles. The Hall–Kier alpha value is -1.31. The number of benzene rings is 1. The molecule has 6 nitrogen and oxygen atoms in total. The molecule has 0 aliphatic heterocycles. The number of sulfonamides is 1. The molecule has 1 saturated carbocycles. The number of rotatable bonds is 6. The number of hydrogen-bond acceptors (Lipinski definition) is 5. The van der Waals surface area contributed by atoms with Gasteiger partial charge in [0.05, 0.1) is 12.7 Å². The van der Waals surface area contributed by atoms with E-state index in [1.54, 1.807) is 26.1 Å². The number of anilines is 1. The highest BCUT2D eigenvalue weighted by molar-refractivity contribution is 7.89. The number of nitrogens with two attached hydrogens (primary N) is 1. The first-order chi connectivity index (χ1) is 9.84. The van der Waals surface area contributed by atoms with Gasteiger partial charge in [-0.2, -0.15) is 0 Å². The summed E-state index contributed by atoms with van der Waals surface area (Å²) >= 11 is 0. The maximum absolute atomic E-state index is 12.7. The zero-order chi connectivity index (χ0) is 15.6. The molecule has 7 heteroatoms. The second kappa shape index (κ2) is 6.21. The lowest BCUT2D eigenvalue weighted by atomic mass is 9.82. The summed E-state index contributed by atoms with van der Waals surface area (Å²) in [5, 5.41) is 9.30. The van der Waals surface area contributed by atoms with Crippen molar-refractivity contribution < 1.29 is 18.3 Å². The first-order valence-corrected chi connectivity index (χ1v) is 8.45. The third-order valence-electron chi connectivity index (χ3n) is 3.68. The van der Waals surface area contributed by atoms with Gasteiger partial charge in [0.25, 0.3) is 0 Å². The number of nitrogen functional groups attached to an aromatic ring is 1. The van der Waals surface area contributed by atoms with Crippen LogP contribution in [-0.4, -0.2) is 44.1 Å². The van der Waals surface area contributed by atoms with Crippen LogP contribution < -0.4 is 10.5 Å². The summed E-state index contributed by atoms with van der Waals surface area (Å²) in [6.45, 7) is 2.57. The van der Waals surface area contributed by atoms with E-state index in [1.165, 1.54) is 10.4 Å². The molecule has 3 N–H and O–H groups in total. The Labute approximate surface area is 125 Å². The lowest BCUT2D eigenvalue weighted by molar-refractivity contribution is 0.0367. The molecule has 1 aromatic carbocycles. The molecule has 118 valence electrons. The van der Waals surface area contributed by atoms with Gasteiger partial charge in [-0.1, -0.05) is 0 Å². The van der Waals surface area contributed by atoms with E-state index in [0.29, 0.717) is 37.4 Å². The Morgan fingerprint density at radius 2 is 2.10 bits per heavy atom. The molecule has 1 aliphatic rings. The van der Waals surface area contributed by atoms with E-state index in [4.69, 9.17) is 10.5 Å². The molecule has 0 aromatic heterocycles. The van der Waals surface area contributed by atoms with Gasteiger partial charge in [-0.25, -0.2) is 12.7 Å². The van der Waals surface area contributed by atoms with E-state index >= 15 is 0 Å². The summed E-state index contributed by atoms with van der Waals surface area (Å²) in [4.78, 5) is 0.0896. The first-order valence-electron chi connectivity index (χ1n) is 7.01. The van der Waals surface area contributed by atoms with Crippen molar-refractivity contribution in [2.24, 2.45) is 5.92 Å². The van der Waals surface area contributed by atoms with Crippen LogP contribution >= 0.6 is 0 Å². The molecule has 1 aromatic rings. The van der Waals surface area contributed by atoms with Crippen molar-refractivity contribution in [3.63, 3.8) is 0 Å². The fraction of sp³-hybridized carbons (Fsp3) is 0.571. The minimum atomic E-state index is -3.66. The van der Waals surface area contributed by atoms with E-state index in [9.17, 15) is 13.5 Å². The van der Waals surface area contributed by atoms with Crippen molar-refractivity contribution in [1.29, 1.82) is 0 Å². The molecule has 21 heavy (non-hydrogen) atoms. The highest BCUT2D eigenvalue weighted by atomic mass is 32.2. The van der Waals surface area contributed by atoms with E-state index in [-0.39, 0.29) is 16.9 Å². The summed E-state index contributed by atoms with van der Waals surface area (Å²) in [5.41, 5.74) is 6.08. The van der Waals surface area contributed by atoms with Gasteiger partial charge in [-0.05, 0) is 43.9 Å². The quantitative estimate of drug-likeness (QED) is 0.766. The number of aliphatic hydroxyl groups is 1. The zero-order valence-corrected chi connectivity index (χ0v) is 13.1. The maximum atomic E-state index is 12.7. The number of ether oxygens (including phenoxy) is 1. The Balaban J connectivity index is 2.23. The average Bonchev–Trinajstić information content (AvgIpc) is 2.39. The van der Waals surface area contributed by atoms with Crippen LogP contribution in [0.15, 0.2) is 23.1 Å². The lowest BCUT2D eigenvalue weighted by Gasteiger charge is -2.34. The molecule has 0 atom stereocenters. The SMILES string of the molecule is CCOc1ccc(N)cc1S(=O)(=O)N(C)CC1CC(O)C1. The lowest BCUT2D eigenvalue weighted by Crippen LogP contribution is -2.39. The van der Waals surface area contributed by atoms with Gasteiger partial charge in [0.15, 0.2) is 0 Å². The minimum Gasteiger partial charge on any atom is -0.492 e. The smallest absolute Gasteiger partial charge is 0.246 e.